The van der Waals surface area contributed by atoms with Gasteiger partial charge >= 0.3 is 0 Å². The van der Waals surface area contributed by atoms with Crippen LogP contribution in [0.25, 0.3) is 11.2 Å². The van der Waals surface area contributed by atoms with Crippen molar-refractivity contribution in [1.82, 2.24) is 24.6 Å². The van der Waals surface area contributed by atoms with Gasteiger partial charge in [-0.25, -0.2) is 14.6 Å². The van der Waals surface area contributed by atoms with Crippen LogP contribution in [0.2, 0.25) is 10.0 Å². The molecule has 4 N–H and O–H groups in total. The largest absolute Gasteiger partial charge is 0.395 e. The topological polar surface area (TPSA) is 117 Å². The SMILES string of the molecule is Cc1nn([C@H](C)c2ccc(Cl)cc2Cl)c2nc(N3CC[C@H](N4CCCC4CO)[C@H](C(N)O)C3)cnc12. The summed E-state index contributed by atoms with van der Waals surface area (Å²) in [6.45, 7) is 6.32. The van der Waals surface area contributed by atoms with Crippen LogP contribution in [-0.2, 0) is 0 Å². The van der Waals surface area contributed by atoms with Crippen LogP contribution in [0.15, 0.2) is 24.4 Å². The van der Waals surface area contributed by atoms with Crippen molar-refractivity contribution in [1.29, 1.82) is 0 Å². The molecule has 5 atom stereocenters. The third-order valence-corrected chi connectivity index (χ3v) is 8.34. The number of aromatic nitrogens is 4. The van der Waals surface area contributed by atoms with E-state index in [1.807, 2.05) is 30.7 Å². The van der Waals surface area contributed by atoms with Gasteiger partial charge in [0.25, 0.3) is 0 Å². The van der Waals surface area contributed by atoms with Gasteiger partial charge in [0.2, 0.25) is 0 Å². The van der Waals surface area contributed by atoms with Crippen molar-refractivity contribution in [2.75, 3.05) is 31.1 Å². The number of anilines is 1. The fraction of sp³-hybridized carbons (Fsp3) is 0.560. The van der Waals surface area contributed by atoms with Crippen LogP contribution in [0.4, 0.5) is 5.82 Å². The summed E-state index contributed by atoms with van der Waals surface area (Å²) in [5.41, 5.74) is 9.17. The van der Waals surface area contributed by atoms with Gasteiger partial charge in [-0.15, -0.1) is 0 Å². The molecule has 0 bridgehead atoms. The third-order valence-electron chi connectivity index (χ3n) is 7.78. The number of likely N-dealkylation sites (tertiary alicyclic amines) is 1. The number of piperidine rings is 1. The summed E-state index contributed by atoms with van der Waals surface area (Å²) in [5, 5.41) is 26.2. The van der Waals surface area contributed by atoms with Crippen molar-refractivity contribution in [2.24, 2.45) is 11.7 Å². The van der Waals surface area contributed by atoms with E-state index in [-0.39, 0.29) is 30.7 Å². The number of fused-ring (bicyclic) bond motifs is 1. The third kappa shape index (κ3) is 4.68. The maximum Gasteiger partial charge on any atom is 0.179 e. The molecule has 0 saturated carbocycles. The standard InChI is InChI=1S/C25H33Cl2N7O2/c1-14-23-25(34(31-14)15(2)18-6-5-16(26)10-20(18)27)30-22(11-29-23)32-9-7-21(19(12-32)24(28)36)33-8-3-4-17(33)13-35/h5-6,10-11,15,17,19,21,24,35-36H,3-4,7-9,12-13,28H2,1-2H3/t15-,17?,19-,21+,24?/m1/s1. The molecule has 5 rings (SSSR count). The second-order valence-corrected chi connectivity index (χ2v) is 10.8. The van der Waals surface area contributed by atoms with Crippen LogP contribution in [0.3, 0.4) is 0 Å². The molecule has 9 nitrogen and oxygen atoms in total. The van der Waals surface area contributed by atoms with Gasteiger partial charge in [0, 0.05) is 41.1 Å². The average Bonchev–Trinajstić information content (AvgIpc) is 3.47. The van der Waals surface area contributed by atoms with Crippen LogP contribution in [-0.4, -0.2) is 79.4 Å². The molecule has 4 heterocycles. The highest BCUT2D eigenvalue weighted by Crippen LogP contribution is 2.34. The minimum absolute atomic E-state index is 0.123. The van der Waals surface area contributed by atoms with E-state index in [1.165, 1.54) is 0 Å². The molecule has 0 radical (unpaired) electrons. The van der Waals surface area contributed by atoms with Crippen molar-refractivity contribution in [3.63, 3.8) is 0 Å². The van der Waals surface area contributed by atoms with E-state index in [2.05, 4.69) is 9.80 Å². The van der Waals surface area contributed by atoms with Gasteiger partial charge in [-0.3, -0.25) is 4.90 Å². The lowest BCUT2D eigenvalue weighted by atomic mass is 9.89. The number of benzene rings is 1. The van der Waals surface area contributed by atoms with Crippen LogP contribution in [0.1, 0.15) is 43.5 Å². The molecule has 0 amide bonds. The van der Waals surface area contributed by atoms with E-state index in [9.17, 15) is 10.2 Å². The van der Waals surface area contributed by atoms with Crippen LogP contribution in [0, 0.1) is 12.8 Å². The molecule has 1 aromatic carbocycles. The highest BCUT2D eigenvalue weighted by atomic mass is 35.5. The first kappa shape index (κ1) is 25.6. The van der Waals surface area contributed by atoms with Crippen LogP contribution >= 0.6 is 23.2 Å². The summed E-state index contributed by atoms with van der Waals surface area (Å²) in [5.74, 6) is 0.559. The average molecular weight is 534 g/mol. The summed E-state index contributed by atoms with van der Waals surface area (Å²) in [6.07, 6.45) is 3.67. The van der Waals surface area contributed by atoms with Gasteiger partial charge in [0.05, 0.1) is 24.5 Å². The zero-order valence-electron chi connectivity index (χ0n) is 20.6. The lowest BCUT2D eigenvalue weighted by molar-refractivity contribution is 0.0133. The molecule has 2 unspecified atom stereocenters. The Kier molecular flexibility index (Phi) is 7.40. The molecule has 2 saturated heterocycles. The molecule has 0 aliphatic carbocycles. The van der Waals surface area contributed by atoms with Gasteiger partial charge < -0.3 is 20.8 Å². The number of hydrogen-bond donors (Lipinski definition) is 3. The predicted octanol–water partition coefficient (Wildman–Crippen LogP) is 2.98. The van der Waals surface area contributed by atoms with Gasteiger partial charge in [-0.1, -0.05) is 29.3 Å². The van der Waals surface area contributed by atoms with E-state index >= 15 is 0 Å². The van der Waals surface area contributed by atoms with Gasteiger partial charge in [0.15, 0.2) is 5.65 Å². The van der Waals surface area contributed by atoms with Gasteiger partial charge in [-0.05, 0) is 57.4 Å². The van der Waals surface area contributed by atoms with E-state index in [0.29, 0.717) is 22.2 Å². The van der Waals surface area contributed by atoms with Crippen molar-refractivity contribution >= 4 is 40.2 Å². The lowest BCUT2D eigenvalue weighted by Gasteiger charge is -2.45. The number of rotatable bonds is 6. The molecule has 2 fully saturated rings. The zero-order chi connectivity index (χ0) is 25.6. The van der Waals surface area contributed by atoms with Crippen molar-refractivity contribution in [3.8, 4) is 0 Å². The van der Waals surface area contributed by atoms with Crippen molar-refractivity contribution in [2.45, 2.75) is 57.5 Å². The molecule has 2 aromatic heterocycles. The molecule has 2 aliphatic heterocycles. The Morgan fingerprint density at radius 3 is 2.75 bits per heavy atom. The second kappa shape index (κ2) is 10.4. The zero-order valence-corrected chi connectivity index (χ0v) is 22.1. The molecule has 194 valence electrons. The number of nitrogens with two attached hydrogens (primary N) is 1. The first-order chi connectivity index (χ1) is 17.3. The molecular weight excluding hydrogens is 501 g/mol. The maximum absolute atomic E-state index is 10.5. The molecule has 2 aliphatic rings. The maximum atomic E-state index is 10.5. The van der Waals surface area contributed by atoms with Crippen LogP contribution in [0.5, 0.6) is 0 Å². The minimum atomic E-state index is -0.964. The predicted molar refractivity (Wildman–Crippen MR) is 141 cm³/mol. The summed E-state index contributed by atoms with van der Waals surface area (Å²) in [7, 11) is 0. The van der Waals surface area contributed by atoms with E-state index < -0.39 is 6.23 Å². The Labute approximate surface area is 220 Å². The Balaban J connectivity index is 1.44. The smallest absolute Gasteiger partial charge is 0.179 e. The van der Waals surface area contributed by atoms with Crippen molar-refractivity contribution in [3.05, 3.63) is 45.7 Å². The lowest BCUT2D eigenvalue weighted by Crippen LogP contribution is -2.58. The number of aliphatic hydroxyl groups is 2. The second-order valence-electron chi connectivity index (χ2n) is 9.95. The number of hydrogen-bond acceptors (Lipinski definition) is 8. The number of aryl methyl sites for hydroxylation is 1. The fourth-order valence-corrected chi connectivity index (χ4v) is 6.42. The first-order valence-corrected chi connectivity index (χ1v) is 13.3. The Morgan fingerprint density at radius 2 is 2.03 bits per heavy atom. The van der Waals surface area contributed by atoms with Crippen LogP contribution < -0.4 is 10.6 Å². The quantitative estimate of drug-likeness (QED) is 0.414. The molecular formula is C25H33Cl2N7O2. The van der Waals surface area contributed by atoms with E-state index in [4.69, 9.17) is 44.0 Å². The number of aliphatic hydroxyl groups excluding tert-OH is 2. The Bertz CT molecular complexity index is 1240. The first-order valence-electron chi connectivity index (χ1n) is 12.5. The van der Waals surface area contributed by atoms with E-state index in [1.54, 1.807) is 12.3 Å². The van der Waals surface area contributed by atoms with Gasteiger partial charge in [0.1, 0.15) is 17.6 Å². The normalized spacial score (nSPS) is 25.0. The molecule has 11 heteroatoms. The highest BCUT2D eigenvalue weighted by Gasteiger charge is 2.40. The highest BCUT2D eigenvalue weighted by molar-refractivity contribution is 6.35. The van der Waals surface area contributed by atoms with Crippen molar-refractivity contribution < 1.29 is 10.2 Å². The summed E-state index contributed by atoms with van der Waals surface area (Å²) in [6, 6.07) is 5.54. The summed E-state index contributed by atoms with van der Waals surface area (Å²) in [4.78, 5) is 14.2. The summed E-state index contributed by atoms with van der Waals surface area (Å²) >= 11 is 12.6. The fourth-order valence-electron chi connectivity index (χ4n) is 5.85. The molecule has 0 spiro atoms. The number of nitrogens with zero attached hydrogens (tertiary/aromatic N) is 6. The Morgan fingerprint density at radius 1 is 1.22 bits per heavy atom. The Hall–Kier alpha value is -2.01. The van der Waals surface area contributed by atoms with Gasteiger partial charge in [-0.2, -0.15) is 5.10 Å². The monoisotopic (exact) mass is 533 g/mol. The minimum Gasteiger partial charge on any atom is -0.395 e. The number of halogens is 2. The molecule has 36 heavy (non-hydrogen) atoms. The molecule has 3 aromatic rings. The van der Waals surface area contributed by atoms with E-state index in [0.717, 1.165) is 54.9 Å². The summed E-state index contributed by atoms with van der Waals surface area (Å²) < 4.78 is 1.86.